The normalized spacial score (nSPS) is 10.8. The van der Waals surface area contributed by atoms with Gasteiger partial charge in [-0.15, -0.1) is 0 Å². The van der Waals surface area contributed by atoms with Gasteiger partial charge in [0.05, 0.1) is 11.3 Å². The van der Waals surface area contributed by atoms with Gasteiger partial charge < -0.3 is 9.47 Å². The largest absolute Gasteiger partial charge is 0.485 e. The Morgan fingerprint density at radius 3 is 2.50 bits per heavy atom. The molecule has 0 aliphatic heterocycles. The summed E-state index contributed by atoms with van der Waals surface area (Å²) in [5.41, 5.74) is 0.738. The maximum atomic E-state index is 13.9. The number of carbonyl (C=O) groups excluding carboxylic acids is 1. The summed E-state index contributed by atoms with van der Waals surface area (Å²) in [6, 6.07) is 15.6. The van der Waals surface area contributed by atoms with Crippen molar-refractivity contribution in [2.45, 2.75) is 13.5 Å². The van der Waals surface area contributed by atoms with Crippen molar-refractivity contribution in [2.75, 3.05) is 5.32 Å². The molecule has 0 radical (unpaired) electrons. The van der Waals surface area contributed by atoms with E-state index in [2.05, 4.69) is 10.3 Å². The van der Waals surface area contributed by atoms with Gasteiger partial charge in [-0.2, -0.15) is 0 Å². The molecule has 1 amide bonds. The zero-order valence-electron chi connectivity index (χ0n) is 15.9. The minimum atomic E-state index is -0.688. The molecular weight excluding hydrogens is 392 g/mol. The maximum Gasteiger partial charge on any atom is 0.418 e. The van der Waals surface area contributed by atoms with Gasteiger partial charge in [0.15, 0.2) is 11.4 Å². The fraction of sp³-hybridized carbons (Fsp3) is 0.0909. The van der Waals surface area contributed by atoms with E-state index in [0.717, 1.165) is 0 Å². The molecular formula is C22H17F2N3O3. The van der Waals surface area contributed by atoms with E-state index >= 15 is 0 Å². The quantitative estimate of drug-likeness (QED) is 0.497. The number of anilines is 1. The third-order valence-corrected chi connectivity index (χ3v) is 4.40. The van der Waals surface area contributed by atoms with Crippen molar-refractivity contribution in [3.63, 3.8) is 0 Å². The molecule has 1 N–H and O–H groups in total. The van der Waals surface area contributed by atoms with Crippen LogP contribution in [-0.2, 0) is 6.61 Å². The molecule has 0 bridgehead atoms. The molecule has 4 rings (SSSR count). The fourth-order valence-corrected chi connectivity index (χ4v) is 2.96. The number of aryl methyl sites for hydroxylation is 1. The van der Waals surface area contributed by atoms with Crippen LogP contribution in [0.2, 0.25) is 0 Å². The lowest BCUT2D eigenvalue weighted by Crippen LogP contribution is -2.18. The Balaban J connectivity index is 1.56. The number of halogens is 2. The van der Waals surface area contributed by atoms with Gasteiger partial charge in [0, 0.05) is 6.20 Å². The standard InChI is InChI=1S/C22H17F2N3O3/c1-14-20(26-22(28)30-15-7-3-2-4-8-15)27-12-6-11-19(21(27)25-14)29-13-16-17(23)9-5-10-18(16)24/h2-12H,13H2,1H3,(H,26,28). The van der Waals surface area contributed by atoms with Crippen LogP contribution >= 0.6 is 0 Å². The van der Waals surface area contributed by atoms with E-state index in [4.69, 9.17) is 9.47 Å². The van der Waals surface area contributed by atoms with Crippen LogP contribution in [0.15, 0.2) is 66.9 Å². The molecule has 2 heterocycles. The summed E-state index contributed by atoms with van der Waals surface area (Å²) >= 11 is 0. The Morgan fingerprint density at radius 1 is 1.03 bits per heavy atom. The fourth-order valence-electron chi connectivity index (χ4n) is 2.96. The van der Waals surface area contributed by atoms with Crippen molar-refractivity contribution in [2.24, 2.45) is 0 Å². The zero-order valence-corrected chi connectivity index (χ0v) is 15.9. The van der Waals surface area contributed by atoms with Gasteiger partial charge in [-0.1, -0.05) is 24.3 Å². The number of ether oxygens (including phenoxy) is 2. The van der Waals surface area contributed by atoms with Crippen molar-refractivity contribution < 1.29 is 23.0 Å². The van der Waals surface area contributed by atoms with Crippen LogP contribution in [0.5, 0.6) is 11.5 Å². The second-order valence-electron chi connectivity index (χ2n) is 6.43. The lowest BCUT2D eigenvalue weighted by atomic mass is 10.2. The number of nitrogens with one attached hydrogen (secondary N) is 1. The van der Waals surface area contributed by atoms with E-state index in [0.29, 0.717) is 28.7 Å². The van der Waals surface area contributed by atoms with Crippen LogP contribution in [0, 0.1) is 18.6 Å². The number of hydrogen-bond acceptors (Lipinski definition) is 4. The Hall–Kier alpha value is -3.94. The van der Waals surface area contributed by atoms with Crippen molar-refractivity contribution in [3.8, 4) is 11.5 Å². The number of para-hydroxylation sites is 1. The molecule has 0 aliphatic carbocycles. The summed E-state index contributed by atoms with van der Waals surface area (Å²) in [5, 5.41) is 2.66. The summed E-state index contributed by atoms with van der Waals surface area (Å²) in [6.07, 6.45) is 1.01. The van der Waals surface area contributed by atoms with Crippen LogP contribution in [0.3, 0.4) is 0 Å². The van der Waals surface area contributed by atoms with Gasteiger partial charge >= 0.3 is 6.09 Å². The smallest absolute Gasteiger partial charge is 0.418 e. The summed E-state index contributed by atoms with van der Waals surface area (Å²) in [5.74, 6) is -0.265. The van der Waals surface area contributed by atoms with Crippen molar-refractivity contribution in [1.82, 2.24) is 9.38 Å². The summed E-state index contributed by atoms with van der Waals surface area (Å²) in [7, 11) is 0. The number of pyridine rings is 1. The van der Waals surface area contributed by atoms with Crippen LogP contribution in [0.4, 0.5) is 19.4 Å². The minimum absolute atomic E-state index is 0.174. The first-order valence-electron chi connectivity index (χ1n) is 9.10. The molecule has 0 atom stereocenters. The highest BCUT2D eigenvalue weighted by atomic mass is 19.1. The van der Waals surface area contributed by atoms with Gasteiger partial charge in [0.1, 0.15) is 29.8 Å². The van der Waals surface area contributed by atoms with E-state index in [-0.39, 0.29) is 12.2 Å². The monoisotopic (exact) mass is 409 g/mol. The Bertz CT molecular complexity index is 1190. The third-order valence-electron chi connectivity index (χ3n) is 4.40. The van der Waals surface area contributed by atoms with Gasteiger partial charge in [-0.3, -0.25) is 9.72 Å². The number of nitrogens with zero attached hydrogens (tertiary/aromatic N) is 2. The van der Waals surface area contributed by atoms with Gasteiger partial charge in [0.2, 0.25) is 0 Å². The van der Waals surface area contributed by atoms with Crippen LogP contribution in [0.1, 0.15) is 11.3 Å². The van der Waals surface area contributed by atoms with Gasteiger partial charge in [0.25, 0.3) is 0 Å². The first-order valence-corrected chi connectivity index (χ1v) is 9.10. The van der Waals surface area contributed by atoms with E-state index in [1.165, 1.54) is 18.2 Å². The van der Waals surface area contributed by atoms with E-state index < -0.39 is 17.7 Å². The second-order valence-corrected chi connectivity index (χ2v) is 6.43. The number of hydrogen-bond donors (Lipinski definition) is 1. The second kappa shape index (κ2) is 8.20. The summed E-state index contributed by atoms with van der Waals surface area (Å²) in [4.78, 5) is 16.7. The Morgan fingerprint density at radius 2 is 1.77 bits per heavy atom. The molecule has 0 saturated heterocycles. The number of imidazole rings is 1. The summed E-state index contributed by atoms with van der Waals surface area (Å²) < 4.78 is 40.2. The predicted molar refractivity (Wildman–Crippen MR) is 107 cm³/mol. The molecule has 8 heteroatoms. The number of aromatic nitrogens is 2. The molecule has 2 aromatic carbocycles. The number of fused-ring (bicyclic) bond motifs is 1. The predicted octanol–water partition coefficient (Wildman–Crippen LogP) is 5.11. The van der Waals surface area contributed by atoms with Crippen molar-refractivity contribution in [3.05, 3.63) is 89.8 Å². The van der Waals surface area contributed by atoms with Crippen molar-refractivity contribution >= 4 is 17.6 Å². The highest BCUT2D eigenvalue weighted by Gasteiger charge is 2.17. The minimum Gasteiger partial charge on any atom is -0.485 e. The highest BCUT2D eigenvalue weighted by molar-refractivity contribution is 5.87. The van der Waals surface area contributed by atoms with Crippen LogP contribution in [0.25, 0.3) is 5.65 Å². The molecule has 0 fully saturated rings. The van der Waals surface area contributed by atoms with E-state index in [1.807, 2.05) is 6.07 Å². The molecule has 6 nitrogen and oxygen atoms in total. The molecule has 30 heavy (non-hydrogen) atoms. The van der Waals surface area contributed by atoms with Gasteiger partial charge in [-0.05, 0) is 43.3 Å². The van der Waals surface area contributed by atoms with Crippen molar-refractivity contribution in [1.29, 1.82) is 0 Å². The summed E-state index contributed by atoms with van der Waals surface area (Å²) in [6.45, 7) is 1.41. The van der Waals surface area contributed by atoms with Crippen LogP contribution < -0.4 is 14.8 Å². The number of carbonyl (C=O) groups is 1. The molecule has 0 saturated carbocycles. The van der Waals surface area contributed by atoms with Crippen LogP contribution in [-0.4, -0.2) is 15.5 Å². The number of benzene rings is 2. The topological polar surface area (TPSA) is 64.9 Å². The van der Waals surface area contributed by atoms with E-state index in [9.17, 15) is 13.6 Å². The first kappa shape index (κ1) is 19.4. The molecule has 152 valence electrons. The molecule has 4 aromatic rings. The third kappa shape index (κ3) is 3.93. The Labute approximate surface area is 170 Å². The lowest BCUT2D eigenvalue weighted by molar-refractivity contribution is 0.215. The average molecular weight is 409 g/mol. The zero-order chi connectivity index (χ0) is 21.1. The van der Waals surface area contributed by atoms with E-state index in [1.54, 1.807) is 53.9 Å². The first-order chi connectivity index (χ1) is 14.5. The molecule has 0 aliphatic rings. The molecule has 0 spiro atoms. The number of amides is 1. The molecule has 2 aromatic heterocycles. The lowest BCUT2D eigenvalue weighted by Gasteiger charge is -2.10. The highest BCUT2D eigenvalue weighted by Crippen LogP contribution is 2.26. The Kier molecular flexibility index (Phi) is 5.30. The SMILES string of the molecule is Cc1nc2c(OCc3c(F)cccc3F)cccn2c1NC(=O)Oc1ccccc1. The van der Waals surface area contributed by atoms with Gasteiger partial charge in [-0.25, -0.2) is 18.6 Å². The average Bonchev–Trinajstić information content (AvgIpc) is 3.04. The molecule has 0 unspecified atom stereocenters. The maximum absolute atomic E-state index is 13.9. The number of rotatable bonds is 5.